The van der Waals surface area contributed by atoms with Crippen LogP contribution in [0.1, 0.15) is 44.6 Å². The Balaban J connectivity index is 2.08. The van der Waals surface area contributed by atoms with Crippen LogP contribution >= 0.6 is 0 Å². The second-order valence-corrected chi connectivity index (χ2v) is 4.84. The first-order valence-electron chi connectivity index (χ1n) is 6.38. The van der Waals surface area contributed by atoms with Crippen LogP contribution in [0, 0.1) is 16.7 Å². The van der Waals surface area contributed by atoms with Gasteiger partial charge in [0.15, 0.2) is 0 Å². The SMILES string of the molecule is CCC1(C(=O)Nc2ccc(C#N)cn2)CCCC1. The van der Waals surface area contributed by atoms with Crippen LogP contribution in [0.5, 0.6) is 0 Å². The second-order valence-electron chi connectivity index (χ2n) is 4.84. The molecule has 2 rings (SSSR count). The summed E-state index contributed by atoms with van der Waals surface area (Å²) in [6.45, 7) is 2.07. The Morgan fingerprint density at radius 1 is 1.50 bits per heavy atom. The summed E-state index contributed by atoms with van der Waals surface area (Å²) in [5.41, 5.74) is 0.286. The van der Waals surface area contributed by atoms with E-state index in [1.807, 2.05) is 6.07 Å². The second kappa shape index (κ2) is 5.18. The average Bonchev–Trinajstić information content (AvgIpc) is 2.89. The van der Waals surface area contributed by atoms with Crippen LogP contribution in [0.25, 0.3) is 0 Å². The molecule has 0 radical (unpaired) electrons. The molecule has 0 spiro atoms. The third-order valence-corrected chi connectivity index (χ3v) is 3.85. The van der Waals surface area contributed by atoms with Crippen molar-refractivity contribution in [1.29, 1.82) is 5.26 Å². The predicted molar refractivity (Wildman–Crippen MR) is 68.8 cm³/mol. The van der Waals surface area contributed by atoms with Gasteiger partial charge in [-0.1, -0.05) is 19.8 Å². The van der Waals surface area contributed by atoms with E-state index in [2.05, 4.69) is 17.2 Å². The van der Waals surface area contributed by atoms with E-state index in [0.717, 1.165) is 32.1 Å². The lowest BCUT2D eigenvalue weighted by Gasteiger charge is -2.25. The molecule has 0 aromatic carbocycles. The van der Waals surface area contributed by atoms with Crippen LogP contribution in [0.15, 0.2) is 18.3 Å². The van der Waals surface area contributed by atoms with E-state index in [-0.39, 0.29) is 11.3 Å². The molecule has 1 fully saturated rings. The first-order valence-corrected chi connectivity index (χ1v) is 6.38. The maximum atomic E-state index is 12.3. The Labute approximate surface area is 107 Å². The molecule has 94 valence electrons. The first kappa shape index (κ1) is 12.6. The standard InChI is InChI=1S/C14H17N3O/c1-2-14(7-3-4-8-14)13(18)17-12-6-5-11(9-15)10-16-12/h5-6,10H,2-4,7-8H2,1H3,(H,16,17,18). The lowest BCUT2D eigenvalue weighted by molar-refractivity contribution is -0.125. The molecule has 1 aromatic heterocycles. The van der Waals surface area contributed by atoms with Gasteiger partial charge in [-0.2, -0.15) is 5.26 Å². The molecule has 1 heterocycles. The number of carbonyl (C=O) groups is 1. The van der Waals surface area contributed by atoms with Crippen molar-refractivity contribution in [3.63, 3.8) is 0 Å². The van der Waals surface area contributed by atoms with Crippen molar-refractivity contribution < 1.29 is 4.79 Å². The minimum Gasteiger partial charge on any atom is -0.310 e. The van der Waals surface area contributed by atoms with E-state index in [4.69, 9.17) is 5.26 Å². The van der Waals surface area contributed by atoms with Gasteiger partial charge in [0.2, 0.25) is 5.91 Å². The molecule has 1 aliphatic carbocycles. The molecule has 0 atom stereocenters. The van der Waals surface area contributed by atoms with Gasteiger partial charge < -0.3 is 5.32 Å². The van der Waals surface area contributed by atoms with Gasteiger partial charge in [-0.3, -0.25) is 4.79 Å². The zero-order valence-corrected chi connectivity index (χ0v) is 10.6. The van der Waals surface area contributed by atoms with Gasteiger partial charge in [-0.15, -0.1) is 0 Å². The quantitative estimate of drug-likeness (QED) is 0.887. The monoisotopic (exact) mass is 243 g/mol. The van der Waals surface area contributed by atoms with Crippen molar-refractivity contribution in [3.8, 4) is 6.07 Å². The molecule has 1 amide bonds. The summed E-state index contributed by atoms with van der Waals surface area (Å²) in [5, 5.41) is 11.6. The number of nitrogens with one attached hydrogen (secondary N) is 1. The Morgan fingerprint density at radius 3 is 2.72 bits per heavy atom. The Morgan fingerprint density at radius 2 is 2.22 bits per heavy atom. The minimum absolute atomic E-state index is 0.0692. The van der Waals surface area contributed by atoms with Crippen molar-refractivity contribution in [2.75, 3.05) is 5.32 Å². The van der Waals surface area contributed by atoms with Gasteiger partial charge in [-0.05, 0) is 31.4 Å². The summed E-state index contributed by atoms with van der Waals surface area (Å²) in [5.74, 6) is 0.596. The number of hydrogen-bond acceptors (Lipinski definition) is 3. The van der Waals surface area contributed by atoms with Gasteiger partial charge in [-0.25, -0.2) is 4.98 Å². The molecule has 1 N–H and O–H groups in total. The van der Waals surface area contributed by atoms with Crippen LogP contribution in [-0.4, -0.2) is 10.9 Å². The number of pyridine rings is 1. The Kier molecular flexibility index (Phi) is 3.61. The van der Waals surface area contributed by atoms with Crippen LogP contribution in [0.3, 0.4) is 0 Å². The third kappa shape index (κ3) is 2.35. The molecule has 0 saturated heterocycles. The van der Waals surface area contributed by atoms with Crippen LogP contribution < -0.4 is 5.32 Å². The van der Waals surface area contributed by atoms with Crippen molar-refractivity contribution in [2.24, 2.45) is 5.41 Å². The normalized spacial score (nSPS) is 17.1. The molecule has 4 nitrogen and oxygen atoms in total. The van der Waals surface area contributed by atoms with Crippen LogP contribution in [-0.2, 0) is 4.79 Å². The van der Waals surface area contributed by atoms with Crippen molar-refractivity contribution in [3.05, 3.63) is 23.9 Å². The van der Waals surface area contributed by atoms with Crippen molar-refractivity contribution in [2.45, 2.75) is 39.0 Å². The number of anilines is 1. The number of nitriles is 1. The van der Waals surface area contributed by atoms with Crippen molar-refractivity contribution in [1.82, 2.24) is 4.98 Å². The van der Waals surface area contributed by atoms with E-state index in [9.17, 15) is 4.79 Å². The van der Waals surface area contributed by atoms with Gasteiger partial charge in [0.05, 0.1) is 5.56 Å². The van der Waals surface area contributed by atoms with E-state index < -0.39 is 0 Å². The largest absolute Gasteiger partial charge is 0.310 e. The van der Waals surface area contributed by atoms with Gasteiger partial charge in [0.1, 0.15) is 11.9 Å². The van der Waals surface area contributed by atoms with Crippen molar-refractivity contribution >= 4 is 11.7 Å². The molecular weight excluding hydrogens is 226 g/mol. The highest BCUT2D eigenvalue weighted by molar-refractivity contribution is 5.94. The predicted octanol–water partition coefficient (Wildman–Crippen LogP) is 2.86. The topological polar surface area (TPSA) is 65.8 Å². The summed E-state index contributed by atoms with van der Waals surface area (Å²) in [4.78, 5) is 16.4. The minimum atomic E-state index is -0.213. The zero-order chi connectivity index (χ0) is 13.0. The number of aromatic nitrogens is 1. The lowest BCUT2D eigenvalue weighted by Crippen LogP contribution is -2.33. The maximum Gasteiger partial charge on any atom is 0.231 e. The summed E-state index contributed by atoms with van der Waals surface area (Å²) < 4.78 is 0. The lowest BCUT2D eigenvalue weighted by atomic mass is 9.82. The van der Waals surface area contributed by atoms with Gasteiger partial charge in [0, 0.05) is 11.6 Å². The number of hydrogen-bond donors (Lipinski definition) is 1. The fraction of sp³-hybridized carbons (Fsp3) is 0.500. The van der Waals surface area contributed by atoms with E-state index >= 15 is 0 Å². The molecule has 0 unspecified atom stereocenters. The first-order chi connectivity index (χ1) is 8.70. The maximum absolute atomic E-state index is 12.3. The van der Waals surface area contributed by atoms with E-state index in [0.29, 0.717) is 11.4 Å². The molecule has 1 aromatic rings. The highest BCUT2D eigenvalue weighted by atomic mass is 16.2. The van der Waals surface area contributed by atoms with Gasteiger partial charge >= 0.3 is 0 Å². The number of rotatable bonds is 3. The molecule has 0 bridgehead atoms. The zero-order valence-electron chi connectivity index (χ0n) is 10.6. The van der Waals surface area contributed by atoms with E-state index in [1.54, 1.807) is 12.1 Å². The smallest absolute Gasteiger partial charge is 0.231 e. The number of nitrogens with zero attached hydrogens (tertiary/aromatic N) is 2. The fourth-order valence-corrected chi connectivity index (χ4v) is 2.58. The van der Waals surface area contributed by atoms with E-state index in [1.165, 1.54) is 6.20 Å². The summed E-state index contributed by atoms with van der Waals surface area (Å²) >= 11 is 0. The molecule has 4 heteroatoms. The third-order valence-electron chi connectivity index (χ3n) is 3.85. The number of amides is 1. The molecule has 1 saturated carbocycles. The summed E-state index contributed by atoms with van der Waals surface area (Å²) in [7, 11) is 0. The fourth-order valence-electron chi connectivity index (χ4n) is 2.58. The average molecular weight is 243 g/mol. The summed E-state index contributed by atoms with van der Waals surface area (Å²) in [6.07, 6.45) is 6.53. The molecular formula is C14H17N3O. The van der Waals surface area contributed by atoms with Gasteiger partial charge in [0.25, 0.3) is 0 Å². The van der Waals surface area contributed by atoms with Crippen LogP contribution in [0.2, 0.25) is 0 Å². The summed E-state index contributed by atoms with van der Waals surface area (Å²) in [6, 6.07) is 5.34. The molecule has 18 heavy (non-hydrogen) atoms. The highest BCUT2D eigenvalue weighted by Crippen LogP contribution is 2.41. The Hall–Kier alpha value is -1.89. The highest BCUT2D eigenvalue weighted by Gasteiger charge is 2.39. The molecule has 1 aliphatic rings. The van der Waals surface area contributed by atoms with Crippen LogP contribution in [0.4, 0.5) is 5.82 Å². The number of carbonyl (C=O) groups excluding carboxylic acids is 1. The molecule has 0 aliphatic heterocycles. The Bertz CT molecular complexity index is 467.